The van der Waals surface area contributed by atoms with Gasteiger partial charge in [0.2, 0.25) is 0 Å². The molecule has 0 unspecified atom stereocenters. The van der Waals surface area contributed by atoms with E-state index in [-0.39, 0.29) is 5.91 Å². The minimum absolute atomic E-state index is 0.0281. The van der Waals surface area contributed by atoms with Crippen molar-refractivity contribution in [3.05, 3.63) is 46.7 Å². The predicted molar refractivity (Wildman–Crippen MR) is 83.0 cm³/mol. The molecule has 0 saturated heterocycles. The zero-order chi connectivity index (χ0) is 14.8. The fourth-order valence-corrected chi connectivity index (χ4v) is 2.87. The number of amides is 1. The van der Waals surface area contributed by atoms with Gasteiger partial charge in [-0.05, 0) is 44.0 Å². The summed E-state index contributed by atoms with van der Waals surface area (Å²) in [6.45, 7) is 1.86. The van der Waals surface area contributed by atoms with Gasteiger partial charge in [0.1, 0.15) is 0 Å². The zero-order valence-corrected chi connectivity index (χ0v) is 12.7. The van der Waals surface area contributed by atoms with Crippen molar-refractivity contribution in [1.29, 1.82) is 0 Å². The number of aryl methyl sites for hydroxylation is 1. The van der Waals surface area contributed by atoms with E-state index in [9.17, 15) is 4.79 Å². The normalized spacial score (nSPS) is 15.3. The number of carbonyl (C=O) groups excluding carboxylic acids is 1. The van der Waals surface area contributed by atoms with E-state index in [2.05, 4.69) is 10.4 Å². The van der Waals surface area contributed by atoms with Crippen molar-refractivity contribution in [3.63, 3.8) is 0 Å². The van der Waals surface area contributed by atoms with E-state index >= 15 is 0 Å². The van der Waals surface area contributed by atoms with Gasteiger partial charge in [0.15, 0.2) is 0 Å². The topological polar surface area (TPSA) is 46.9 Å². The molecule has 21 heavy (non-hydrogen) atoms. The Balaban J connectivity index is 1.80. The highest BCUT2D eigenvalue weighted by atomic mass is 35.5. The van der Waals surface area contributed by atoms with Gasteiger partial charge in [-0.3, -0.25) is 4.79 Å². The second-order valence-corrected chi connectivity index (χ2v) is 5.94. The maximum absolute atomic E-state index is 12.3. The van der Waals surface area contributed by atoms with E-state index in [1.54, 1.807) is 10.9 Å². The van der Waals surface area contributed by atoms with Crippen molar-refractivity contribution in [3.8, 4) is 5.69 Å². The molecule has 3 rings (SSSR count). The number of nitrogens with zero attached hydrogens (tertiary/aromatic N) is 2. The number of hydrogen-bond acceptors (Lipinski definition) is 2. The number of benzene rings is 1. The van der Waals surface area contributed by atoms with Gasteiger partial charge in [-0.25, -0.2) is 4.68 Å². The SMILES string of the molecule is Cc1nn(-c2ccc(Cl)cc2)cc1C(=O)NC1CCCC1. The lowest BCUT2D eigenvalue weighted by Crippen LogP contribution is -2.32. The largest absolute Gasteiger partial charge is 0.349 e. The third kappa shape index (κ3) is 3.10. The second kappa shape index (κ2) is 5.90. The van der Waals surface area contributed by atoms with Crippen LogP contribution in [0, 0.1) is 6.92 Å². The number of hydrogen-bond donors (Lipinski definition) is 1. The van der Waals surface area contributed by atoms with Gasteiger partial charge >= 0.3 is 0 Å². The summed E-state index contributed by atoms with van der Waals surface area (Å²) in [5, 5.41) is 8.20. The molecule has 1 fully saturated rings. The van der Waals surface area contributed by atoms with E-state index in [4.69, 9.17) is 11.6 Å². The molecule has 1 heterocycles. The van der Waals surface area contributed by atoms with Crippen LogP contribution in [0.25, 0.3) is 5.69 Å². The summed E-state index contributed by atoms with van der Waals surface area (Å²) in [4.78, 5) is 12.3. The molecule has 2 aromatic rings. The predicted octanol–water partition coefficient (Wildman–Crippen LogP) is 3.51. The minimum Gasteiger partial charge on any atom is -0.349 e. The second-order valence-electron chi connectivity index (χ2n) is 5.50. The van der Waals surface area contributed by atoms with Crippen molar-refractivity contribution >= 4 is 17.5 Å². The van der Waals surface area contributed by atoms with Crippen LogP contribution < -0.4 is 5.32 Å². The average molecular weight is 304 g/mol. The van der Waals surface area contributed by atoms with Crippen molar-refractivity contribution in [2.24, 2.45) is 0 Å². The molecule has 1 aromatic carbocycles. The smallest absolute Gasteiger partial charge is 0.254 e. The fourth-order valence-electron chi connectivity index (χ4n) is 2.74. The molecule has 1 amide bonds. The Bertz CT molecular complexity index is 642. The molecule has 5 heteroatoms. The molecule has 0 aliphatic heterocycles. The van der Waals surface area contributed by atoms with Gasteiger partial charge in [-0.2, -0.15) is 5.10 Å². The van der Waals surface area contributed by atoms with Crippen molar-refractivity contribution < 1.29 is 4.79 Å². The molecule has 110 valence electrons. The molecule has 1 aromatic heterocycles. The van der Waals surface area contributed by atoms with E-state index in [1.807, 2.05) is 31.2 Å². The molecule has 0 radical (unpaired) electrons. The van der Waals surface area contributed by atoms with Crippen molar-refractivity contribution in [2.75, 3.05) is 0 Å². The Morgan fingerprint density at radius 2 is 1.95 bits per heavy atom. The molecule has 1 aliphatic rings. The Kier molecular flexibility index (Phi) is 3.97. The Morgan fingerprint density at radius 3 is 2.62 bits per heavy atom. The Hall–Kier alpha value is -1.81. The molecular weight excluding hydrogens is 286 g/mol. The lowest BCUT2D eigenvalue weighted by Gasteiger charge is -2.10. The molecular formula is C16H18ClN3O. The average Bonchev–Trinajstić information content (AvgIpc) is 3.09. The standard InChI is InChI=1S/C16H18ClN3O/c1-11-15(16(21)18-13-4-2-3-5-13)10-20(19-11)14-8-6-12(17)7-9-14/h6-10,13H,2-5H2,1H3,(H,18,21). The highest BCUT2D eigenvalue weighted by Gasteiger charge is 2.20. The summed E-state index contributed by atoms with van der Waals surface area (Å²) in [6, 6.07) is 7.70. The van der Waals surface area contributed by atoms with Crippen LogP contribution in [0.4, 0.5) is 0 Å². The lowest BCUT2D eigenvalue weighted by molar-refractivity contribution is 0.0937. The zero-order valence-electron chi connectivity index (χ0n) is 12.0. The summed E-state index contributed by atoms with van der Waals surface area (Å²) in [6.07, 6.45) is 6.34. The van der Waals surface area contributed by atoms with Gasteiger partial charge in [0, 0.05) is 17.3 Å². The molecule has 4 nitrogen and oxygen atoms in total. The monoisotopic (exact) mass is 303 g/mol. The van der Waals surface area contributed by atoms with Crippen LogP contribution in [-0.4, -0.2) is 21.7 Å². The highest BCUT2D eigenvalue weighted by molar-refractivity contribution is 6.30. The summed E-state index contributed by atoms with van der Waals surface area (Å²) >= 11 is 5.89. The molecule has 1 saturated carbocycles. The number of nitrogens with one attached hydrogen (secondary N) is 1. The molecule has 0 bridgehead atoms. The molecule has 1 N–H and O–H groups in total. The van der Waals surface area contributed by atoms with E-state index in [1.165, 1.54) is 12.8 Å². The van der Waals surface area contributed by atoms with Crippen LogP contribution in [0.3, 0.4) is 0 Å². The van der Waals surface area contributed by atoms with Crippen molar-refractivity contribution in [1.82, 2.24) is 15.1 Å². The first-order valence-electron chi connectivity index (χ1n) is 7.26. The number of rotatable bonds is 3. The van der Waals surface area contributed by atoms with E-state index in [0.717, 1.165) is 24.2 Å². The quantitative estimate of drug-likeness (QED) is 0.943. The van der Waals surface area contributed by atoms with Crippen LogP contribution in [0.15, 0.2) is 30.5 Å². The van der Waals surface area contributed by atoms with Gasteiger partial charge in [0.05, 0.1) is 16.9 Å². The maximum atomic E-state index is 12.3. The van der Waals surface area contributed by atoms with Crippen LogP contribution in [0.2, 0.25) is 5.02 Å². The van der Waals surface area contributed by atoms with E-state index < -0.39 is 0 Å². The third-order valence-electron chi connectivity index (χ3n) is 3.93. The third-order valence-corrected chi connectivity index (χ3v) is 4.18. The van der Waals surface area contributed by atoms with Crippen LogP contribution in [-0.2, 0) is 0 Å². The molecule has 1 aliphatic carbocycles. The summed E-state index contributed by atoms with van der Waals surface area (Å²) in [5.41, 5.74) is 2.26. The summed E-state index contributed by atoms with van der Waals surface area (Å²) in [5.74, 6) is -0.0281. The first-order valence-corrected chi connectivity index (χ1v) is 7.64. The maximum Gasteiger partial charge on any atom is 0.254 e. The fraction of sp³-hybridized carbons (Fsp3) is 0.375. The first kappa shape index (κ1) is 14.1. The van der Waals surface area contributed by atoms with Gasteiger partial charge in [0.25, 0.3) is 5.91 Å². The van der Waals surface area contributed by atoms with Gasteiger partial charge in [-0.1, -0.05) is 24.4 Å². The van der Waals surface area contributed by atoms with Crippen LogP contribution >= 0.6 is 11.6 Å². The number of carbonyl (C=O) groups is 1. The van der Waals surface area contributed by atoms with Gasteiger partial charge in [-0.15, -0.1) is 0 Å². The molecule has 0 atom stereocenters. The minimum atomic E-state index is -0.0281. The van der Waals surface area contributed by atoms with Gasteiger partial charge < -0.3 is 5.32 Å². The van der Waals surface area contributed by atoms with E-state index in [0.29, 0.717) is 16.6 Å². The lowest BCUT2D eigenvalue weighted by atomic mass is 10.2. The van der Waals surface area contributed by atoms with Crippen LogP contribution in [0.5, 0.6) is 0 Å². The number of aromatic nitrogens is 2. The highest BCUT2D eigenvalue weighted by Crippen LogP contribution is 2.19. The van der Waals surface area contributed by atoms with Crippen molar-refractivity contribution in [2.45, 2.75) is 38.6 Å². The Morgan fingerprint density at radius 1 is 1.29 bits per heavy atom. The summed E-state index contributed by atoms with van der Waals surface area (Å²) < 4.78 is 1.72. The summed E-state index contributed by atoms with van der Waals surface area (Å²) in [7, 11) is 0. The number of halogens is 1. The van der Waals surface area contributed by atoms with Crippen LogP contribution in [0.1, 0.15) is 41.7 Å². The Labute approximate surface area is 129 Å². The first-order chi connectivity index (χ1) is 10.1. The molecule has 0 spiro atoms.